The van der Waals surface area contributed by atoms with E-state index in [1.807, 2.05) is 54.6 Å². The highest BCUT2D eigenvalue weighted by Gasteiger charge is 2.06. The lowest BCUT2D eigenvalue weighted by Gasteiger charge is -2.08. The summed E-state index contributed by atoms with van der Waals surface area (Å²) < 4.78 is 0. The van der Waals surface area contributed by atoms with Gasteiger partial charge in [0.2, 0.25) is 5.91 Å². The van der Waals surface area contributed by atoms with Gasteiger partial charge in [0.1, 0.15) is 0 Å². The maximum absolute atomic E-state index is 12.1. The zero-order chi connectivity index (χ0) is 16.1. The molecule has 0 saturated carbocycles. The molecule has 0 radical (unpaired) electrons. The standard InChI is InChI=1S/C18H15ClN2OS/c19-13-6-8-14(9-7-13)23-12-10-18(22)21-17-5-1-4-16-15(17)3-2-11-20-16/h1-9,11H,10,12H2,(H,21,22). The Bertz CT molecular complexity index is 815. The summed E-state index contributed by atoms with van der Waals surface area (Å²) in [5.74, 6) is 0.721. The molecule has 2 aromatic carbocycles. The number of aromatic nitrogens is 1. The Balaban J connectivity index is 1.57. The molecular weight excluding hydrogens is 328 g/mol. The first-order valence-electron chi connectivity index (χ1n) is 7.24. The highest BCUT2D eigenvalue weighted by molar-refractivity contribution is 7.99. The fourth-order valence-electron chi connectivity index (χ4n) is 2.22. The third-order valence-electron chi connectivity index (χ3n) is 3.33. The minimum absolute atomic E-state index is 0.00261. The van der Waals surface area contributed by atoms with E-state index in [-0.39, 0.29) is 5.91 Å². The van der Waals surface area contributed by atoms with Crippen LogP contribution in [0.25, 0.3) is 10.9 Å². The predicted octanol–water partition coefficient (Wildman–Crippen LogP) is 5.01. The number of carbonyl (C=O) groups is 1. The maximum atomic E-state index is 12.1. The Morgan fingerprint density at radius 3 is 2.74 bits per heavy atom. The van der Waals surface area contributed by atoms with E-state index in [0.717, 1.165) is 32.3 Å². The first-order valence-corrected chi connectivity index (χ1v) is 8.61. The normalized spacial score (nSPS) is 10.7. The third kappa shape index (κ3) is 4.24. The van der Waals surface area contributed by atoms with Crippen molar-refractivity contribution in [2.75, 3.05) is 11.1 Å². The first kappa shape index (κ1) is 15.8. The van der Waals surface area contributed by atoms with Crippen molar-refractivity contribution in [3.63, 3.8) is 0 Å². The van der Waals surface area contributed by atoms with Gasteiger partial charge in [-0.2, -0.15) is 0 Å². The van der Waals surface area contributed by atoms with Crippen LogP contribution in [0.5, 0.6) is 0 Å². The summed E-state index contributed by atoms with van der Waals surface area (Å²) in [6.07, 6.45) is 2.20. The molecule has 0 spiro atoms. The van der Waals surface area contributed by atoms with Gasteiger partial charge in [-0.05, 0) is 48.5 Å². The summed E-state index contributed by atoms with van der Waals surface area (Å²) in [6.45, 7) is 0. The number of carbonyl (C=O) groups excluding carboxylic acids is 1. The smallest absolute Gasteiger partial charge is 0.225 e. The Morgan fingerprint density at radius 1 is 1.09 bits per heavy atom. The number of benzene rings is 2. The molecule has 0 fully saturated rings. The SMILES string of the molecule is O=C(CCSc1ccc(Cl)cc1)Nc1cccc2ncccc12. The number of hydrogen-bond donors (Lipinski definition) is 1. The van der Waals surface area contributed by atoms with Crippen LogP contribution in [0.15, 0.2) is 65.7 Å². The minimum Gasteiger partial charge on any atom is -0.325 e. The summed E-state index contributed by atoms with van der Waals surface area (Å²) in [5.41, 5.74) is 1.68. The van der Waals surface area contributed by atoms with E-state index < -0.39 is 0 Å². The maximum Gasteiger partial charge on any atom is 0.225 e. The van der Waals surface area contributed by atoms with Crippen molar-refractivity contribution in [3.8, 4) is 0 Å². The number of thioether (sulfide) groups is 1. The fraction of sp³-hybridized carbons (Fsp3) is 0.111. The van der Waals surface area contributed by atoms with Crippen molar-refractivity contribution in [1.29, 1.82) is 0 Å². The Morgan fingerprint density at radius 2 is 1.91 bits per heavy atom. The largest absolute Gasteiger partial charge is 0.325 e. The summed E-state index contributed by atoms with van der Waals surface area (Å²) in [5, 5.41) is 4.64. The molecule has 0 saturated heterocycles. The second-order valence-corrected chi connectivity index (χ2v) is 6.58. The Labute approximate surface area is 144 Å². The topological polar surface area (TPSA) is 42.0 Å². The van der Waals surface area contributed by atoms with Crippen LogP contribution in [0.1, 0.15) is 6.42 Å². The molecule has 1 N–H and O–H groups in total. The van der Waals surface area contributed by atoms with E-state index in [2.05, 4.69) is 10.3 Å². The van der Waals surface area contributed by atoms with E-state index in [1.165, 1.54) is 0 Å². The number of nitrogens with zero attached hydrogens (tertiary/aromatic N) is 1. The van der Waals surface area contributed by atoms with Crippen molar-refractivity contribution in [2.45, 2.75) is 11.3 Å². The lowest BCUT2D eigenvalue weighted by Crippen LogP contribution is -2.12. The molecule has 1 heterocycles. The van der Waals surface area contributed by atoms with Crippen LogP contribution < -0.4 is 5.32 Å². The van der Waals surface area contributed by atoms with E-state index in [1.54, 1.807) is 18.0 Å². The lowest BCUT2D eigenvalue weighted by atomic mass is 10.2. The second kappa shape index (κ2) is 7.49. The summed E-state index contributed by atoms with van der Waals surface area (Å²) in [4.78, 5) is 17.5. The van der Waals surface area contributed by atoms with Crippen LogP contribution in [0.2, 0.25) is 5.02 Å². The number of halogens is 1. The van der Waals surface area contributed by atoms with Gasteiger partial charge >= 0.3 is 0 Å². The zero-order valence-electron chi connectivity index (χ0n) is 12.3. The van der Waals surface area contributed by atoms with Crippen molar-refractivity contribution < 1.29 is 4.79 Å². The van der Waals surface area contributed by atoms with Gasteiger partial charge in [-0.15, -0.1) is 11.8 Å². The molecule has 23 heavy (non-hydrogen) atoms. The molecule has 0 bridgehead atoms. The van der Waals surface area contributed by atoms with Crippen molar-refractivity contribution >= 4 is 45.9 Å². The van der Waals surface area contributed by atoms with Crippen LogP contribution in [0.3, 0.4) is 0 Å². The van der Waals surface area contributed by atoms with Crippen molar-refractivity contribution in [3.05, 3.63) is 65.8 Å². The molecule has 0 aliphatic carbocycles. The number of fused-ring (bicyclic) bond motifs is 1. The van der Waals surface area contributed by atoms with Gasteiger partial charge in [-0.3, -0.25) is 9.78 Å². The molecule has 3 rings (SSSR count). The number of amides is 1. The van der Waals surface area contributed by atoms with Gasteiger partial charge < -0.3 is 5.32 Å². The number of pyridine rings is 1. The van der Waals surface area contributed by atoms with Gasteiger partial charge in [-0.25, -0.2) is 0 Å². The van der Waals surface area contributed by atoms with Crippen LogP contribution in [0, 0.1) is 0 Å². The van der Waals surface area contributed by atoms with Crippen LogP contribution >= 0.6 is 23.4 Å². The molecule has 5 heteroatoms. The average Bonchev–Trinajstić information content (AvgIpc) is 2.57. The van der Waals surface area contributed by atoms with E-state index in [0.29, 0.717) is 6.42 Å². The quantitative estimate of drug-likeness (QED) is 0.663. The molecule has 1 amide bonds. The molecular formula is C18H15ClN2OS. The molecule has 0 aliphatic rings. The molecule has 3 nitrogen and oxygen atoms in total. The van der Waals surface area contributed by atoms with Crippen molar-refractivity contribution in [2.24, 2.45) is 0 Å². The molecule has 3 aromatic rings. The van der Waals surface area contributed by atoms with Crippen LogP contribution in [0.4, 0.5) is 5.69 Å². The average molecular weight is 343 g/mol. The van der Waals surface area contributed by atoms with Gasteiger partial charge in [-0.1, -0.05) is 17.7 Å². The molecule has 1 aromatic heterocycles. The summed E-state index contributed by atoms with van der Waals surface area (Å²) in [6, 6.07) is 17.2. The van der Waals surface area contributed by atoms with Gasteiger partial charge in [0.15, 0.2) is 0 Å². The van der Waals surface area contributed by atoms with Crippen LogP contribution in [-0.2, 0) is 4.79 Å². The zero-order valence-corrected chi connectivity index (χ0v) is 13.9. The highest BCUT2D eigenvalue weighted by atomic mass is 35.5. The van der Waals surface area contributed by atoms with Crippen LogP contribution in [-0.4, -0.2) is 16.6 Å². The third-order valence-corrected chi connectivity index (χ3v) is 4.60. The van der Waals surface area contributed by atoms with Crippen molar-refractivity contribution in [1.82, 2.24) is 4.98 Å². The van der Waals surface area contributed by atoms with E-state index in [4.69, 9.17) is 11.6 Å². The highest BCUT2D eigenvalue weighted by Crippen LogP contribution is 2.23. The summed E-state index contributed by atoms with van der Waals surface area (Å²) >= 11 is 7.50. The molecule has 0 unspecified atom stereocenters. The second-order valence-electron chi connectivity index (χ2n) is 4.98. The van der Waals surface area contributed by atoms with Gasteiger partial charge in [0, 0.05) is 33.7 Å². The fourth-order valence-corrected chi connectivity index (χ4v) is 3.20. The predicted molar refractivity (Wildman–Crippen MR) is 97.2 cm³/mol. The Hall–Kier alpha value is -2.04. The Kier molecular flexibility index (Phi) is 5.16. The number of hydrogen-bond acceptors (Lipinski definition) is 3. The van der Waals surface area contributed by atoms with E-state index in [9.17, 15) is 4.79 Å². The number of anilines is 1. The molecule has 0 atom stereocenters. The van der Waals surface area contributed by atoms with Gasteiger partial charge in [0.05, 0.1) is 11.2 Å². The first-order chi connectivity index (χ1) is 11.2. The number of rotatable bonds is 5. The lowest BCUT2D eigenvalue weighted by molar-refractivity contribution is -0.115. The minimum atomic E-state index is 0.00261. The molecule has 116 valence electrons. The van der Waals surface area contributed by atoms with E-state index >= 15 is 0 Å². The molecule has 0 aliphatic heterocycles. The van der Waals surface area contributed by atoms with Gasteiger partial charge in [0.25, 0.3) is 0 Å². The monoisotopic (exact) mass is 342 g/mol. The summed E-state index contributed by atoms with van der Waals surface area (Å²) in [7, 11) is 0. The number of nitrogens with one attached hydrogen (secondary N) is 1.